The molecule has 0 aromatic heterocycles. The van der Waals surface area contributed by atoms with E-state index >= 15 is 0 Å². The van der Waals surface area contributed by atoms with E-state index in [0.29, 0.717) is 31.5 Å². The Balaban J connectivity index is 1.71. The highest BCUT2D eigenvalue weighted by atomic mass is 16.5. The number of amides is 2. The normalized spacial score (nSPS) is 14.0. The highest BCUT2D eigenvalue weighted by Gasteiger charge is 2.27. The quantitative estimate of drug-likeness (QED) is 0.762. The van der Waals surface area contributed by atoms with Crippen LogP contribution in [-0.4, -0.2) is 32.2 Å². The topological polar surface area (TPSA) is 73.6 Å². The predicted molar refractivity (Wildman–Crippen MR) is 103 cm³/mol. The SMILES string of the molecule is COC(=O)CCc1ccc(N2CCCN(c3ccc(C#N)cc3)C2=O)cc1. The minimum atomic E-state index is -0.233. The molecule has 1 aliphatic heterocycles. The fraction of sp³-hybridized carbons (Fsp3) is 0.286. The molecule has 0 atom stereocenters. The van der Waals surface area contributed by atoms with Crippen LogP contribution < -0.4 is 9.80 Å². The molecule has 1 aliphatic rings. The zero-order chi connectivity index (χ0) is 19.2. The lowest BCUT2D eigenvalue weighted by atomic mass is 10.1. The van der Waals surface area contributed by atoms with Crippen LogP contribution in [-0.2, 0) is 16.0 Å². The zero-order valence-electron chi connectivity index (χ0n) is 15.2. The average Bonchev–Trinajstić information content (AvgIpc) is 2.73. The van der Waals surface area contributed by atoms with Crippen molar-refractivity contribution in [2.45, 2.75) is 19.3 Å². The van der Waals surface area contributed by atoms with Crippen molar-refractivity contribution < 1.29 is 14.3 Å². The third-order valence-corrected chi connectivity index (χ3v) is 4.63. The van der Waals surface area contributed by atoms with Gasteiger partial charge in [-0.15, -0.1) is 0 Å². The number of esters is 1. The first-order valence-electron chi connectivity index (χ1n) is 8.87. The van der Waals surface area contributed by atoms with E-state index in [4.69, 9.17) is 5.26 Å². The molecule has 0 unspecified atom stereocenters. The first kappa shape index (κ1) is 18.5. The van der Waals surface area contributed by atoms with Crippen LogP contribution in [0.4, 0.5) is 16.2 Å². The maximum atomic E-state index is 12.9. The molecule has 2 amide bonds. The van der Waals surface area contributed by atoms with Crippen LogP contribution in [0.3, 0.4) is 0 Å². The van der Waals surface area contributed by atoms with Crippen molar-refractivity contribution in [2.24, 2.45) is 0 Å². The van der Waals surface area contributed by atoms with Gasteiger partial charge < -0.3 is 4.74 Å². The van der Waals surface area contributed by atoms with Gasteiger partial charge in [-0.3, -0.25) is 14.6 Å². The third kappa shape index (κ3) is 4.26. The van der Waals surface area contributed by atoms with E-state index in [0.717, 1.165) is 23.4 Å². The molecule has 0 saturated carbocycles. The standard InChI is InChI=1S/C21H21N3O3/c1-27-20(25)12-7-16-3-8-18(9-4-16)23-13-2-14-24(21(23)26)19-10-5-17(15-22)6-11-19/h3-6,8-11H,2,7,12-14H2,1H3. The van der Waals surface area contributed by atoms with E-state index in [1.807, 2.05) is 24.3 Å². The smallest absolute Gasteiger partial charge is 0.328 e. The number of hydrogen-bond acceptors (Lipinski definition) is 4. The van der Waals surface area contributed by atoms with Gasteiger partial charge in [0.2, 0.25) is 0 Å². The Morgan fingerprint density at radius 2 is 1.59 bits per heavy atom. The summed E-state index contributed by atoms with van der Waals surface area (Å²) in [6.07, 6.45) is 1.80. The monoisotopic (exact) mass is 363 g/mol. The molecule has 6 heteroatoms. The molecule has 0 aliphatic carbocycles. The number of nitrogens with zero attached hydrogens (tertiary/aromatic N) is 3. The fourth-order valence-electron chi connectivity index (χ4n) is 3.11. The number of rotatable bonds is 5. The summed E-state index contributed by atoms with van der Waals surface area (Å²) in [6.45, 7) is 1.31. The van der Waals surface area contributed by atoms with Crippen molar-refractivity contribution in [3.8, 4) is 6.07 Å². The second kappa shape index (κ2) is 8.37. The molecule has 2 aromatic rings. The van der Waals surface area contributed by atoms with Crippen molar-refractivity contribution in [2.75, 3.05) is 30.0 Å². The van der Waals surface area contributed by atoms with Gasteiger partial charge in [-0.25, -0.2) is 4.79 Å². The minimum absolute atomic E-state index is 0.0757. The summed E-state index contributed by atoms with van der Waals surface area (Å²) in [5, 5.41) is 8.92. The molecular formula is C21H21N3O3. The number of aryl methyl sites for hydroxylation is 1. The Morgan fingerprint density at radius 1 is 1.04 bits per heavy atom. The summed E-state index contributed by atoms with van der Waals surface area (Å²) < 4.78 is 4.66. The molecule has 0 N–H and O–H groups in total. The van der Waals surface area contributed by atoms with E-state index in [-0.39, 0.29) is 12.0 Å². The molecule has 0 bridgehead atoms. The number of hydrogen-bond donors (Lipinski definition) is 0. The maximum absolute atomic E-state index is 12.9. The van der Waals surface area contributed by atoms with Crippen molar-refractivity contribution >= 4 is 23.4 Å². The second-order valence-corrected chi connectivity index (χ2v) is 6.34. The summed E-state index contributed by atoms with van der Waals surface area (Å²) in [5.41, 5.74) is 3.22. The molecule has 3 rings (SSSR count). The Hall–Kier alpha value is -3.33. The first-order valence-corrected chi connectivity index (χ1v) is 8.87. The molecule has 27 heavy (non-hydrogen) atoms. The number of carbonyl (C=O) groups is 2. The molecule has 2 aromatic carbocycles. The van der Waals surface area contributed by atoms with Gasteiger partial charge >= 0.3 is 12.0 Å². The van der Waals surface area contributed by atoms with Crippen LogP contribution in [0, 0.1) is 11.3 Å². The van der Waals surface area contributed by atoms with E-state index in [1.54, 1.807) is 34.1 Å². The Morgan fingerprint density at radius 3 is 2.11 bits per heavy atom. The van der Waals surface area contributed by atoms with Crippen LogP contribution in [0.1, 0.15) is 24.0 Å². The van der Waals surface area contributed by atoms with E-state index in [2.05, 4.69) is 10.8 Å². The number of carbonyl (C=O) groups excluding carboxylic acids is 2. The number of ether oxygens (including phenoxy) is 1. The highest BCUT2D eigenvalue weighted by molar-refractivity contribution is 6.04. The summed E-state index contributed by atoms with van der Waals surface area (Å²) in [7, 11) is 1.38. The molecule has 6 nitrogen and oxygen atoms in total. The van der Waals surface area contributed by atoms with E-state index < -0.39 is 0 Å². The molecular weight excluding hydrogens is 342 g/mol. The van der Waals surface area contributed by atoms with Crippen LogP contribution in [0.25, 0.3) is 0 Å². The largest absolute Gasteiger partial charge is 0.469 e. The molecule has 1 heterocycles. The lowest BCUT2D eigenvalue weighted by molar-refractivity contribution is -0.140. The van der Waals surface area contributed by atoms with Gasteiger partial charge in [-0.2, -0.15) is 5.26 Å². The fourth-order valence-corrected chi connectivity index (χ4v) is 3.11. The molecule has 1 saturated heterocycles. The third-order valence-electron chi connectivity index (χ3n) is 4.63. The van der Waals surface area contributed by atoms with Crippen LogP contribution in [0.5, 0.6) is 0 Å². The molecule has 0 spiro atoms. The summed E-state index contributed by atoms with van der Waals surface area (Å²) in [6, 6.07) is 16.7. The van der Waals surface area contributed by atoms with Gasteiger partial charge in [-0.05, 0) is 54.8 Å². The van der Waals surface area contributed by atoms with Gasteiger partial charge in [0.25, 0.3) is 0 Å². The Bertz CT molecular complexity index is 854. The molecule has 138 valence electrons. The number of benzene rings is 2. The summed E-state index contributed by atoms with van der Waals surface area (Å²) in [4.78, 5) is 27.7. The Kier molecular flexibility index (Phi) is 5.72. The van der Waals surface area contributed by atoms with Crippen molar-refractivity contribution in [3.05, 3.63) is 59.7 Å². The number of urea groups is 1. The lowest BCUT2D eigenvalue weighted by Gasteiger charge is -2.35. The van der Waals surface area contributed by atoms with Gasteiger partial charge in [-0.1, -0.05) is 12.1 Å². The van der Waals surface area contributed by atoms with Crippen LogP contribution in [0.2, 0.25) is 0 Å². The van der Waals surface area contributed by atoms with E-state index in [1.165, 1.54) is 7.11 Å². The second-order valence-electron chi connectivity index (χ2n) is 6.34. The minimum Gasteiger partial charge on any atom is -0.469 e. The predicted octanol–water partition coefficient (Wildman–Crippen LogP) is 3.50. The zero-order valence-corrected chi connectivity index (χ0v) is 15.2. The Labute approximate surface area is 158 Å². The van der Waals surface area contributed by atoms with Crippen molar-refractivity contribution in [1.29, 1.82) is 5.26 Å². The van der Waals surface area contributed by atoms with Gasteiger partial charge in [0.15, 0.2) is 0 Å². The van der Waals surface area contributed by atoms with Crippen LogP contribution >= 0.6 is 0 Å². The summed E-state index contributed by atoms with van der Waals surface area (Å²) in [5.74, 6) is -0.233. The van der Waals surface area contributed by atoms with Gasteiger partial charge in [0, 0.05) is 30.9 Å². The maximum Gasteiger partial charge on any atom is 0.328 e. The molecule has 1 fully saturated rings. The van der Waals surface area contributed by atoms with Crippen molar-refractivity contribution in [1.82, 2.24) is 0 Å². The van der Waals surface area contributed by atoms with Crippen molar-refractivity contribution in [3.63, 3.8) is 0 Å². The van der Waals surface area contributed by atoms with Crippen LogP contribution in [0.15, 0.2) is 48.5 Å². The molecule has 0 radical (unpaired) electrons. The summed E-state index contributed by atoms with van der Waals surface area (Å²) >= 11 is 0. The first-order chi connectivity index (χ1) is 13.1. The highest BCUT2D eigenvalue weighted by Crippen LogP contribution is 2.25. The number of anilines is 2. The number of methoxy groups -OCH3 is 1. The lowest BCUT2D eigenvalue weighted by Crippen LogP contribution is -2.49. The van der Waals surface area contributed by atoms with E-state index in [9.17, 15) is 9.59 Å². The van der Waals surface area contributed by atoms with Gasteiger partial charge in [0.1, 0.15) is 0 Å². The van der Waals surface area contributed by atoms with Gasteiger partial charge in [0.05, 0.1) is 18.7 Å². The average molecular weight is 363 g/mol. The number of nitriles is 1.